The number of para-hydroxylation sites is 1. The number of H-pyrrole nitrogens is 1. The zero-order valence-corrected chi connectivity index (χ0v) is 16.0. The smallest absolute Gasteiger partial charge is 0.305 e. The van der Waals surface area contributed by atoms with E-state index in [1.807, 2.05) is 0 Å². The van der Waals surface area contributed by atoms with E-state index < -0.39 is 35.7 Å². The number of benzene rings is 2. The van der Waals surface area contributed by atoms with Crippen molar-refractivity contribution in [2.45, 2.75) is 19.4 Å². The van der Waals surface area contributed by atoms with E-state index in [9.17, 15) is 23.9 Å². The van der Waals surface area contributed by atoms with E-state index in [4.69, 9.17) is 11.6 Å². The Balaban J connectivity index is 1.92. The van der Waals surface area contributed by atoms with Crippen LogP contribution in [0.1, 0.15) is 34.1 Å². The Morgan fingerprint density at radius 2 is 1.97 bits per heavy atom. The second-order valence-corrected chi connectivity index (χ2v) is 6.83. The molecule has 29 heavy (non-hydrogen) atoms. The highest BCUT2D eigenvalue weighted by atomic mass is 35.5. The second-order valence-electron chi connectivity index (χ2n) is 6.42. The number of hydrogen-bond acceptors (Lipinski definition) is 3. The molecule has 0 aliphatic rings. The van der Waals surface area contributed by atoms with Crippen molar-refractivity contribution in [2.24, 2.45) is 0 Å². The molecule has 1 heterocycles. The maximum Gasteiger partial charge on any atom is 0.305 e. The number of carboxylic acids is 1. The first kappa shape index (κ1) is 20.3. The maximum atomic E-state index is 13.7. The molecule has 1 atom stereocenters. The van der Waals surface area contributed by atoms with Gasteiger partial charge in [0.2, 0.25) is 0 Å². The van der Waals surface area contributed by atoms with E-state index in [-0.39, 0.29) is 5.69 Å². The van der Waals surface area contributed by atoms with Gasteiger partial charge in [-0.15, -0.1) is 0 Å². The third-order valence-corrected chi connectivity index (χ3v) is 4.68. The van der Waals surface area contributed by atoms with Crippen LogP contribution in [0, 0.1) is 12.7 Å². The van der Waals surface area contributed by atoms with Crippen LogP contribution in [0.25, 0.3) is 5.69 Å². The first-order valence-corrected chi connectivity index (χ1v) is 8.99. The minimum Gasteiger partial charge on any atom is -0.481 e. The molecule has 0 spiro atoms. The molecular formula is C20H17ClFN3O4. The number of aryl methyl sites for hydroxylation is 1. The summed E-state index contributed by atoms with van der Waals surface area (Å²) in [6.45, 7) is 1.69. The SMILES string of the molecule is Cc1ccc(F)cc1C(CC(=O)O)NC(=O)c1cc(=O)n(-c2ccccc2Cl)[nH]1. The van der Waals surface area contributed by atoms with Crippen LogP contribution in [-0.2, 0) is 4.79 Å². The van der Waals surface area contributed by atoms with Gasteiger partial charge in [-0.3, -0.25) is 19.5 Å². The van der Waals surface area contributed by atoms with Gasteiger partial charge in [0.25, 0.3) is 11.5 Å². The molecule has 0 radical (unpaired) electrons. The van der Waals surface area contributed by atoms with Crippen molar-refractivity contribution in [1.82, 2.24) is 15.1 Å². The van der Waals surface area contributed by atoms with Crippen LogP contribution < -0.4 is 10.9 Å². The van der Waals surface area contributed by atoms with Crippen LogP contribution in [0.5, 0.6) is 0 Å². The van der Waals surface area contributed by atoms with Crippen LogP contribution in [-0.4, -0.2) is 26.8 Å². The Bertz CT molecular complexity index is 1140. The summed E-state index contributed by atoms with van der Waals surface area (Å²) < 4.78 is 14.8. The largest absolute Gasteiger partial charge is 0.481 e. The second kappa shape index (κ2) is 8.32. The first-order chi connectivity index (χ1) is 13.8. The minimum atomic E-state index is -1.17. The van der Waals surface area contributed by atoms with Gasteiger partial charge in [-0.1, -0.05) is 29.8 Å². The van der Waals surface area contributed by atoms with Crippen molar-refractivity contribution < 1.29 is 19.1 Å². The van der Waals surface area contributed by atoms with Gasteiger partial charge < -0.3 is 10.4 Å². The fourth-order valence-electron chi connectivity index (χ4n) is 2.96. The predicted molar refractivity (Wildman–Crippen MR) is 105 cm³/mol. The number of amides is 1. The van der Waals surface area contributed by atoms with E-state index in [2.05, 4.69) is 10.4 Å². The van der Waals surface area contributed by atoms with Crippen molar-refractivity contribution in [3.63, 3.8) is 0 Å². The number of aliphatic carboxylic acids is 1. The molecule has 0 fully saturated rings. The van der Waals surface area contributed by atoms with Gasteiger partial charge in [-0.05, 0) is 42.3 Å². The third kappa shape index (κ3) is 4.55. The third-order valence-electron chi connectivity index (χ3n) is 4.36. The number of rotatable bonds is 6. The topological polar surface area (TPSA) is 104 Å². The molecule has 3 N–H and O–H groups in total. The Morgan fingerprint density at radius 3 is 2.66 bits per heavy atom. The fraction of sp³-hybridized carbons (Fsp3) is 0.150. The van der Waals surface area contributed by atoms with Gasteiger partial charge in [0, 0.05) is 6.07 Å². The predicted octanol–water partition coefficient (Wildman–Crippen LogP) is 3.21. The lowest BCUT2D eigenvalue weighted by atomic mass is 9.98. The molecule has 7 nitrogen and oxygen atoms in total. The van der Waals surface area contributed by atoms with Crippen LogP contribution >= 0.6 is 11.6 Å². The van der Waals surface area contributed by atoms with Crippen molar-refractivity contribution in [3.05, 3.63) is 86.5 Å². The number of aromatic nitrogens is 2. The number of carboxylic acid groups (broad SMARTS) is 1. The summed E-state index contributed by atoms with van der Waals surface area (Å²) in [5.74, 6) is -2.42. The summed E-state index contributed by atoms with van der Waals surface area (Å²) in [5.41, 5.74) is 0.731. The Hall–Kier alpha value is -3.39. The van der Waals surface area contributed by atoms with Crippen molar-refractivity contribution in [3.8, 4) is 5.69 Å². The molecule has 150 valence electrons. The van der Waals surface area contributed by atoms with Gasteiger partial charge in [-0.25, -0.2) is 9.07 Å². The molecule has 2 aromatic carbocycles. The lowest BCUT2D eigenvalue weighted by Crippen LogP contribution is -2.31. The van der Waals surface area contributed by atoms with Crippen LogP contribution in [0.15, 0.2) is 53.3 Å². The van der Waals surface area contributed by atoms with E-state index in [0.29, 0.717) is 21.8 Å². The highest BCUT2D eigenvalue weighted by molar-refractivity contribution is 6.32. The highest BCUT2D eigenvalue weighted by Gasteiger charge is 2.23. The fourth-order valence-corrected chi connectivity index (χ4v) is 3.18. The summed E-state index contributed by atoms with van der Waals surface area (Å²) in [6, 6.07) is 10.6. The molecule has 0 saturated heterocycles. The van der Waals surface area contributed by atoms with Gasteiger partial charge in [0.1, 0.15) is 11.5 Å². The van der Waals surface area contributed by atoms with E-state index in [0.717, 1.165) is 10.7 Å². The average Bonchev–Trinajstić information content (AvgIpc) is 3.05. The molecular weight excluding hydrogens is 401 g/mol. The minimum absolute atomic E-state index is 0.0839. The van der Waals surface area contributed by atoms with Gasteiger partial charge >= 0.3 is 5.97 Å². The number of carbonyl (C=O) groups excluding carboxylic acids is 1. The number of aromatic amines is 1. The molecule has 1 unspecified atom stereocenters. The monoisotopic (exact) mass is 417 g/mol. The summed E-state index contributed by atoms with van der Waals surface area (Å²) in [6.07, 6.45) is -0.453. The van der Waals surface area contributed by atoms with Crippen molar-refractivity contribution in [2.75, 3.05) is 0 Å². The molecule has 3 rings (SSSR count). The Kier molecular flexibility index (Phi) is 5.84. The molecule has 3 aromatic rings. The standard InChI is InChI=1S/C20H17ClFN3O4/c1-11-6-7-12(22)8-13(11)15(10-19(27)28)23-20(29)16-9-18(26)25(24-16)17-5-3-2-4-14(17)21/h2-9,15,24H,10H2,1H3,(H,23,29)(H,27,28). The number of hydrogen-bond donors (Lipinski definition) is 3. The van der Waals surface area contributed by atoms with Crippen LogP contribution in [0.2, 0.25) is 5.02 Å². The normalized spacial score (nSPS) is 11.8. The zero-order chi connectivity index (χ0) is 21.1. The summed E-state index contributed by atoms with van der Waals surface area (Å²) in [5, 5.41) is 14.7. The van der Waals surface area contributed by atoms with E-state index in [1.165, 1.54) is 18.2 Å². The first-order valence-electron chi connectivity index (χ1n) is 8.62. The lowest BCUT2D eigenvalue weighted by molar-refractivity contribution is -0.137. The molecule has 9 heteroatoms. The lowest BCUT2D eigenvalue weighted by Gasteiger charge is -2.19. The summed E-state index contributed by atoms with van der Waals surface area (Å²) in [4.78, 5) is 36.2. The summed E-state index contributed by atoms with van der Waals surface area (Å²) in [7, 11) is 0. The molecule has 0 aliphatic carbocycles. The Morgan fingerprint density at radius 1 is 1.24 bits per heavy atom. The Labute approximate surface area is 169 Å². The molecule has 0 bridgehead atoms. The zero-order valence-electron chi connectivity index (χ0n) is 15.3. The van der Waals surface area contributed by atoms with Gasteiger partial charge in [0.15, 0.2) is 0 Å². The maximum absolute atomic E-state index is 13.7. The molecule has 1 amide bonds. The molecule has 0 aliphatic heterocycles. The molecule has 0 saturated carbocycles. The van der Waals surface area contributed by atoms with E-state index >= 15 is 0 Å². The number of halogens is 2. The number of nitrogens with one attached hydrogen (secondary N) is 2. The summed E-state index contributed by atoms with van der Waals surface area (Å²) >= 11 is 6.09. The average molecular weight is 418 g/mol. The van der Waals surface area contributed by atoms with Crippen molar-refractivity contribution >= 4 is 23.5 Å². The van der Waals surface area contributed by atoms with Crippen LogP contribution in [0.4, 0.5) is 4.39 Å². The number of nitrogens with zero attached hydrogens (tertiary/aromatic N) is 1. The highest BCUT2D eigenvalue weighted by Crippen LogP contribution is 2.23. The van der Waals surface area contributed by atoms with Crippen LogP contribution in [0.3, 0.4) is 0 Å². The van der Waals surface area contributed by atoms with Gasteiger partial charge in [0.05, 0.1) is 23.2 Å². The number of carbonyl (C=O) groups is 2. The van der Waals surface area contributed by atoms with Gasteiger partial charge in [-0.2, -0.15) is 0 Å². The molecule has 1 aromatic heterocycles. The van der Waals surface area contributed by atoms with E-state index in [1.54, 1.807) is 31.2 Å². The van der Waals surface area contributed by atoms with Crippen molar-refractivity contribution in [1.29, 1.82) is 0 Å². The quantitative estimate of drug-likeness (QED) is 0.572.